The van der Waals surface area contributed by atoms with E-state index in [1.54, 1.807) is 6.92 Å². The number of hydrogen-bond donors (Lipinski definition) is 2. The molecule has 1 rings (SSSR count). The van der Waals surface area contributed by atoms with Crippen molar-refractivity contribution < 1.29 is 33.8 Å². The highest BCUT2D eigenvalue weighted by atomic mass is 32.1. The van der Waals surface area contributed by atoms with E-state index in [1.165, 1.54) is 33.1 Å². The minimum absolute atomic E-state index is 0.0249. The molecule has 0 fully saturated rings. The van der Waals surface area contributed by atoms with Gasteiger partial charge in [-0.25, -0.2) is 14.4 Å². The van der Waals surface area contributed by atoms with Gasteiger partial charge in [0.25, 0.3) is 0 Å². The molecule has 2 N–H and O–H groups in total. The molecule has 2 amide bonds. The number of esters is 2. The number of aliphatic carboxylic acids is 1. The predicted octanol–water partition coefficient (Wildman–Crippen LogP) is 1.81. The van der Waals surface area contributed by atoms with Crippen molar-refractivity contribution in [3.8, 4) is 0 Å². The average Bonchev–Trinajstić information content (AvgIpc) is 2.89. The maximum Gasteiger partial charge on any atom is 0.348 e. The molecule has 0 saturated heterocycles. The molecule has 0 aliphatic heterocycles. The number of methoxy groups -OCH3 is 2. The van der Waals surface area contributed by atoms with E-state index in [9.17, 15) is 19.2 Å². The topological polar surface area (TPSA) is 122 Å². The summed E-state index contributed by atoms with van der Waals surface area (Å²) < 4.78 is 9.36. The van der Waals surface area contributed by atoms with Crippen molar-refractivity contribution in [2.45, 2.75) is 13.8 Å². The fourth-order valence-electron chi connectivity index (χ4n) is 2.00. The van der Waals surface area contributed by atoms with Gasteiger partial charge in [-0.3, -0.25) is 10.1 Å². The molecule has 0 saturated carbocycles. The highest BCUT2D eigenvalue weighted by molar-refractivity contribution is 7.18. The third-order valence-corrected chi connectivity index (χ3v) is 4.63. The molecular weight excluding hydrogens is 352 g/mol. The molecule has 1 unspecified atom stereocenters. The molecule has 0 aliphatic rings. The first-order valence-electron chi connectivity index (χ1n) is 7.18. The van der Waals surface area contributed by atoms with Crippen LogP contribution in [0.2, 0.25) is 0 Å². The Hall–Kier alpha value is -2.62. The van der Waals surface area contributed by atoms with Gasteiger partial charge < -0.3 is 19.5 Å². The molecule has 138 valence electrons. The number of carboxylic acid groups (broad SMARTS) is 1. The quantitative estimate of drug-likeness (QED) is 0.730. The Morgan fingerprint density at radius 1 is 1.20 bits per heavy atom. The summed E-state index contributed by atoms with van der Waals surface area (Å²) in [4.78, 5) is 48.3. The van der Waals surface area contributed by atoms with Crippen LogP contribution in [0.3, 0.4) is 0 Å². The highest BCUT2D eigenvalue weighted by Gasteiger charge is 2.27. The van der Waals surface area contributed by atoms with Gasteiger partial charge in [-0.15, -0.1) is 11.3 Å². The van der Waals surface area contributed by atoms with Crippen LogP contribution in [0, 0.1) is 12.8 Å². The monoisotopic (exact) mass is 372 g/mol. The Bertz CT molecular complexity index is 698. The van der Waals surface area contributed by atoms with E-state index in [0.717, 1.165) is 11.3 Å². The van der Waals surface area contributed by atoms with Crippen molar-refractivity contribution in [3.05, 3.63) is 16.0 Å². The molecule has 1 heterocycles. The first-order chi connectivity index (χ1) is 11.6. The number of ether oxygens (including phenoxy) is 2. The lowest BCUT2D eigenvalue weighted by Gasteiger charge is -2.19. The third kappa shape index (κ3) is 4.69. The molecule has 0 radical (unpaired) electrons. The summed E-state index contributed by atoms with van der Waals surface area (Å²) in [6.45, 7) is 2.99. The number of rotatable bonds is 6. The van der Waals surface area contributed by atoms with E-state index in [1.807, 2.05) is 0 Å². The lowest BCUT2D eigenvalue weighted by molar-refractivity contribution is -0.141. The molecule has 10 heteroatoms. The second-order valence-corrected chi connectivity index (χ2v) is 6.31. The average molecular weight is 372 g/mol. The number of urea groups is 1. The van der Waals surface area contributed by atoms with Gasteiger partial charge in [-0.05, 0) is 12.5 Å². The molecule has 1 aromatic heterocycles. The summed E-state index contributed by atoms with van der Waals surface area (Å²) >= 11 is 0.883. The normalized spacial score (nSPS) is 11.4. The summed E-state index contributed by atoms with van der Waals surface area (Å²) in [6, 6.07) is -0.615. The second kappa shape index (κ2) is 8.47. The summed E-state index contributed by atoms with van der Waals surface area (Å²) in [5.41, 5.74) is 0.390. The molecule has 0 aromatic carbocycles. The predicted molar refractivity (Wildman–Crippen MR) is 90.2 cm³/mol. The lowest BCUT2D eigenvalue weighted by atomic mass is 10.1. The molecule has 0 spiro atoms. The van der Waals surface area contributed by atoms with Gasteiger partial charge >= 0.3 is 23.9 Å². The van der Waals surface area contributed by atoms with Crippen molar-refractivity contribution >= 4 is 40.3 Å². The summed E-state index contributed by atoms with van der Waals surface area (Å²) in [5.74, 6) is -3.14. The smallest absolute Gasteiger partial charge is 0.348 e. The van der Waals surface area contributed by atoms with Crippen LogP contribution in [0.25, 0.3) is 0 Å². The molecule has 9 nitrogen and oxygen atoms in total. The van der Waals surface area contributed by atoms with Crippen LogP contribution >= 0.6 is 11.3 Å². The van der Waals surface area contributed by atoms with Crippen LogP contribution in [-0.4, -0.2) is 61.8 Å². The van der Waals surface area contributed by atoms with Gasteiger partial charge in [-0.2, -0.15) is 0 Å². The minimum Gasteiger partial charge on any atom is -0.481 e. The van der Waals surface area contributed by atoms with Gasteiger partial charge in [0, 0.05) is 13.6 Å². The van der Waals surface area contributed by atoms with E-state index in [2.05, 4.69) is 10.1 Å². The van der Waals surface area contributed by atoms with Crippen LogP contribution in [0.15, 0.2) is 0 Å². The lowest BCUT2D eigenvalue weighted by Crippen LogP contribution is -2.36. The Kier molecular flexibility index (Phi) is 6.92. The van der Waals surface area contributed by atoms with Crippen LogP contribution in [-0.2, 0) is 14.3 Å². The zero-order chi connectivity index (χ0) is 19.3. The van der Waals surface area contributed by atoms with Gasteiger partial charge in [0.15, 0.2) is 0 Å². The van der Waals surface area contributed by atoms with E-state index >= 15 is 0 Å². The van der Waals surface area contributed by atoms with Crippen LogP contribution in [0.5, 0.6) is 0 Å². The first-order valence-corrected chi connectivity index (χ1v) is 8.00. The minimum atomic E-state index is -1.03. The number of nitrogens with zero attached hydrogens (tertiary/aromatic N) is 1. The SMILES string of the molecule is COC(=O)c1sc(NC(=O)N(C)CC(C)C(=O)O)c(C(=O)OC)c1C. The molecule has 1 atom stereocenters. The van der Waals surface area contributed by atoms with Gasteiger partial charge in [0.1, 0.15) is 9.88 Å². The zero-order valence-corrected chi connectivity index (χ0v) is 15.4. The number of carboxylic acids is 1. The van der Waals surface area contributed by atoms with Gasteiger partial charge in [0.05, 0.1) is 25.7 Å². The molecular formula is C15H20N2O7S. The number of amides is 2. The number of anilines is 1. The fourth-order valence-corrected chi connectivity index (χ4v) is 3.10. The van der Waals surface area contributed by atoms with E-state index in [-0.39, 0.29) is 22.0 Å². The van der Waals surface area contributed by atoms with Crippen LogP contribution < -0.4 is 5.32 Å². The van der Waals surface area contributed by atoms with Crippen molar-refractivity contribution in [2.75, 3.05) is 33.1 Å². The molecule has 25 heavy (non-hydrogen) atoms. The van der Waals surface area contributed by atoms with Crippen molar-refractivity contribution in [3.63, 3.8) is 0 Å². The number of hydrogen-bond acceptors (Lipinski definition) is 7. The van der Waals surface area contributed by atoms with Crippen molar-refractivity contribution in [2.24, 2.45) is 5.92 Å². The summed E-state index contributed by atoms with van der Waals surface area (Å²) in [7, 11) is 3.82. The number of carbonyl (C=O) groups excluding carboxylic acids is 3. The fraction of sp³-hybridized carbons (Fsp3) is 0.467. The van der Waals surface area contributed by atoms with Gasteiger partial charge in [-0.1, -0.05) is 6.92 Å². The van der Waals surface area contributed by atoms with Crippen molar-refractivity contribution in [1.82, 2.24) is 4.90 Å². The Balaban J connectivity index is 3.11. The third-order valence-electron chi connectivity index (χ3n) is 3.44. The molecule has 0 aliphatic carbocycles. The zero-order valence-electron chi connectivity index (χ0n) is 14.5. The number of thiophene rings is 1. The van der Waals surface area contributed by atoms with Gasteiger partial charge in [0.2, 0.25) is 0 Å². The van der Waals surface area contributed by atoms with Crippen LogP contribution in [0.4, 0.5) is 9.80 Å². The standard InChI is InChI=1S/C15H20N2O7S/c1-7(12(18)19)6-17(3)15(22)16-11-9(13(20)23-4)8(2)10(25-11)14(21)24-5/h7H,6H2,1-5H3,(H,16,22)(H,18,19). The maximum absolute atomic E-state index is 12.3. The van der Waals surface area contributed by atoms with Crippen molar-refractivity contribution in [1.29, 1.82) is 0 Å². The maximum atomic E-state index is 12.3. The van der Waals surface area contributed by atoms with E-state index in [4.69, 9.17) is 9.84 Å². The summed E-state index contributed by atoms with van der Waals surface area (Å²) in [5, 5.41) is 11.6. The Morgan fingerprint density at radius 3 is 2.24 bits per heavy atom. The second-order valence-electron chi connectivity index (χ2n) is 5.29. The van der Waals surface area contributed by atoms with E-state index < -0.39 is 29.9 Å². The molecule has 0 bridgehead atoms. The number of nitrogens with one attached hydrogen (secondary N) is 1. The summed E-state index contributed by atoms with van der Waals surface area (Å²) in [6.07, 6.45) is 0. The Morgan fingerprint density at radius 2 is 1.76 bits per heavy atom. The van der Waals surface area contributed by atoms with Crippen LogP contribution in [0.1, 0.15) is 32.5 Å². The highest BCUT2D eigenvalue weighted by Crippen LogP contribution is 2.34. The Labute approximate surface area is 148 Å². The molecule has 1 aromatic rings. The number of carbonyl (C=O) groups is 4. The van der Waals surface area contributed by atoms with E-state index in [0.29, 0.717) is 5.56 Å². The largest absolute Gasteiger partial charge is 0.481 e. The first kappa shape index (κ1) is 20.4.